The van der Waals surface area contributed by atoms with Gasteiger partial charge in [0.05, 0.1) is 31.4 Å². The van der Waals surface area contributed by atoms with Gasteiger partial charge in [0.15, 0.2) is 0 Å². The minimum absolute atomic E-state index is 0.0742. The van der Waals surface area contributed by atoms with E-state index < -0.39 is 6.10 Å². The van der Waals surface area contributed by atoms with Crippen molar-refractivity contribution >= 4 is 5.91 Å². The molecule has 1 fully saturated rings. The summed E-state index contributed by atoms with van der Waals surface area (Å²) in [4.78, 5) is 14.3. The molecule has 6 nitrogen and oxygen atoms in total. The second-order valence-corrected chi connectivity index (χ2v) is 6.62. The van der Waals surface area contributed by atoms with Crippen LogP contribution < -0.4 is 0 Å². The van der Waals surface area contributed by atoms with Crippen LogP contribution in [-0.2, 0) is 17.9 Å². The van der Waals surface area contributed by atoms with Crippen molar-refractivity contribution in [2.45, 2.75) is 38.5 Å². The molecule has 1 aliphatic carbocycles. The molecule has 3 rings (SSSR count). The third-order valence-corrected chi connectivity index (χ3v) is 4.73. The van der Waals surface area contributed by atoms with Crippen molar-refractivity contribution in [1.82, 2.24) is 14.7 Å². The molecule has 2 atom stereocenters. The van der Waals surface area contributed by atoms with E-state index in [-0.39, 0.29) is 25.0 Å². The van der Waals surface area contributed by atoms with E-state index in [2.05, 4.69) is 5.10 Å². The number of nitrogens with zero attached hydrogens (tertiary/aromatic N) is 3. The first kappa shape index (κ1) is 17.6. The number of carbonyl (C=O) groups is 1. The molecule has 0 radical (unpaired) electrons. The number of rotatable bonds is 7. The zero-order valence-corrected chi connectivity index (χ0v) is 14.3. The molecule has 0 spiro atoms. The van der Waals surface area contributed by atoms with E-state index in [1.165, 1.54) is 0 Å². The number of hydrogen-bond acceptors (Lipinski definition) is 4. The van der Waals surface area contributed by atoms with Gasteiger partial charge in [-0.05, 0) is 24.8 Å². The van der Waals surface area contributed by atoms with E-state index in [1.54, 1.807) is 11.1 Å². The van der Waals surface area contributed by atoms with Crippen molar-refractivity contribution in [3.8, 4) is 0 Å². The van der Waals surface area contributed by atoms with Gasteiger partial charge in [0.25, 0.3) is 0 Å². The van der Waals surface area contributed by atoms with Gasteiger partial charge in [-0.3, -0.25) is 9.48 Å². The number of aliphatic hydroxyl groups excluding tert-OH is 2. The quantitative estimate of drug-likeness (QED) is 0.797. The maximum atomic E-state index is 12.7. The van der Waals surface area contributed by atoms with Crippen LogP contribution in [0.25, 0.3) is 0 Å². The van der Waals surface area contributed by atoms with Crippen molar-refractivity contribution in [1.29, 1.82) is 0 Å². The molecule has 2 unspecified atom stereocenters. The zero-order chi connectivity index (χ0) is 17.6. The summed E-state index contributed by atoms with van der Waals surface area (Å²) in [5.74, 6) is -0.416. The van der Waals surface area contributed by atoms with Gasteiger partial charge in [-0.1, -0.05) is 30.3 Å². The number of aromatic nitrogens is 2. The number of amides is 1. The second kappa shape index (κ2) is 8.27. The van der Waals surface area contributed by atoms with E-state index in [4.69, 9.17) is 0 Å². The Labute approximate surface area is 147 Å². The standard InChI is InChI=1S/C19H25N3O3/c23-10-9-21(19(25)17-7-4-8-18(17)24)12-16-11-20-22(14-16)13-15-5-2-1-3-6-15/h1-3,5-6,11,14,17-18,23-24H,4,7-10,12-13H2. The van der Waals surface area contributed by atoms with Crippen molar-refractivity contribution in [3.63, 3.8) is 0 Å². The fraction of sp³-hybridized carbons (Fsp3) is 0.474. The van der Waals surface area contributed by atoms with Gasteiger partial charge in [0.1, 0.15) is 0 Å². The topological polar surface area (TPSA) is 78.6 Å². The number of benzene rings is 1. The molecule has 1 amide bonds. The first-order valence-electron chi connectivity index (χ1n) is 8.80. The van der Waals surface area contributed by atoms with E-state index in [1.807, 2.05) is 41.2 Å². The lowest BCUT2D eigenvalue weighted by Gasteiger charge is -2.26. The fourth-order valence-electron chi connectivity index (χ4n) is 3.42. The average molecular weight is 343 g/mol. The predicted octanol–water partition coefficient (Wildman–Crippen LogP) is 1.41. The Morgan fingerprint density at radius 1 is 1.24 bits per heavy atom. The third-order valence-electron chi connectivity index (χ3n) is 4.73. The molecule has 1 saturated carbocycles. The molecule has 1 aromatic carbocycles. The van der Waals surface area contributed by atoms with Crippen LogP contribution in [0.15, 0.2) is 42.7 Å². The van der Waals surface area contributed by atoms with Crippen LogP contribution in [0.5, 0.6) is 0 Å². The molecule has 2 N–H and O–H groups in total. The molecule has 6 heteroatoms. The molecule has 0 aliphatic heterocycles. The Hall–Kier alpha value is -2.18. The van der Waals surface area contributed by atoms with Gasteiger partial charge in [0, 0.05) is 24.8 Å². The van der Waals surface area contributed by atoms with Gasteiger partial charge in [-0.15, -0.1) is 0 Å². The summed E-state index contributed by atoms with van der Waals surface area (Å²) >= 11 is 0. The molecule has 134 valence electrons. The average Bonchev–Trinajstić information content (AvgIpc) is 3.24. The normalized spacial score (nSPS) is 19.9. The van der Waals surface area contributed by atoms with Crippen molar-refractivity contribution < 1.29 is 15.0 Å². The zero-order valence-electron chi connectivity index (χ0n) is 14.3. The molecular weight excluding hydrogens is 318 g/mol. The number of aliphatic hydroxyl groups is 2. The lowest BCUT2D eigenvalue weighted by atomic mass is 10.0. The highest BCUT2D eigenvalue weighted by molar-refractivity contribution is 5.79. The molecule has 25 heavy (non-hydrogen) atoms. The maximum Gasteiger partial charge on any atom is 0.228 e. The molecule has 1 aromatic heterocycles. The van der Waals surface area contributed by atoms with Crippen LogP contribution in [0.4, 0.5) is 0 Å². The number of hydrogen-bond donors (Lipinski definition) is 2. The molecule has 0 saturated heterocycles. The SMILES string of the molecule is O=C(C1CCCC1O)N(CCO)Cc1cnn(Cc2ccccc2)c1. The Bertz CT molecular complexity index is 686. The van der Waals surface area contributed by atoms with E-state index in [0.29, 0.717) is 19.5 Å². The Morgan fingerprint density at radius 3 is 2.72 bits per heavy atom. The van der Waals surface area contributed by atoms with Crippen molar-refractivity contribution in [3.05, 3.63) is 53.9 Å². The van der Waals surface area contributed by atoms with Gasteiger partial charge in [-0.2, -0.15) is 5.10 Å². The third kappa shape index (κ3) is 4.46. The van der Waals surface area contributed by atoms with Gasteiger partial charge < -0.3 is 15.1 Å². The Kier molecular flexibility index (Phi) is 5.83. The lowest BCUT2D eigenvalue weighted by Crippen LogP contribution is -2.40. The highest BCUT2D eigenvalue weighted by Gasteiger charge is 2.34. The predicted molar refractivity (Wildman–Crippen MR) is 93.6 cm³/mol. The van der Waals surface area contributed by atoms with Crippen LogP contribution in [0.1, 0.15) is 30.4 Å². The second-order valence-electron chi connectivity index (χ2n) is 6.62. The summed E-state index contributed by atoms with van der Waals surface area (Å²) in [7, 11) is 0. The fourth-order valence-corrected chi connectivity index (χ4v) is 3.42. The lowest BCUT2D eigenvalue weighted by molar-refractivity contribution is -0.139. The van der Waals surface area contributed by atoms with Gasteiger partial charge >= 0.3 is 0 Å². The van der Waals surface area contributed by atoms with Crippen LogP contribution in [0.2, 0.25) is 0 Å². The van der Waals surface area contributed by atoms with E-state index >= 15 is 0 Å². The van der Waals surface area contributed by atoms with Gasteiger partial charge in [0.2, 0.25) is 5.91 Å². The minimum atomic E-state index is -0.561. The molecule has 2 aromatic rings. The van der Waals surface area contributed by atoms with Crippen molar-refractivity contribution in [2.24, 2.45) is 5.92 Å². The van der Waals surface area contributed by atoms with E-state index in [9.17, 15) is 15.0 Å². The number of carbonyl (C=O) groups excluding carboxylic acids is 1. The summed E-state index contributed by atoms with van der Waals surface area (Å²) in [6.45, 7) is 1.26. The first-order valence-corrected chi connectivity index (χ1v) is 8.80. The smallest absolute Gasteiger partial charge is 0.228 e. The Balaban J connectivity index is 1.65. The molecular formula is C19H25N3O3. The summed E-state index contributed by atoms with van der Waals surface area (Å²) in [5.41, 5.74) is 2.08. The monoisotopic (exact) mass is 343 g/mol. The minimum Gasteiger partial charge on any atom is -0.395 e. The van der Waals surface area contributed by atoms with Crippen LogP contribution >= 0.6 is 0 Å². The molecule has 1 aliphatic rings. The first-order chi connectivity index (χ1) is 12.2. The molecule has 1 heterocycles. The van der Waals surface area contributed by atoms with Crippen LogP contribution in [0, 0.1) is 5.92 Å². The summed E-state index contributed by atoms with van der Waals surface area (Å²) < 4.78 is 1.84. The largest absolute Gasteiger partial charge is 0.395 e. The van der Waals surface area contributed by atoms with Crippen LogP contribution in [0.3, 0.4) is 0 Å². The highest BCUT2D eigenvalue weighted by Crippen LogP contribution is 2.27. The maximum absolute atomic E-state index is 12.7. The highest BCUT2D eigenvalue weighted by atomic mass is 16.3. The van der Waals surface area contributed by atoms with E-state index in [0.717, 1.165) is 24.0 Å². The molecule has 0 bridgehead atoms. The summed E-state index contributed by atoms with van der Waals surface area (Å²) in [6.07, 6.45) is 5.39. The summed E-state index contributed by atoms with van der Waals surface area (Å²) in [6, 6.07) is 10.1. The van der Waals surface area contributed by atoms with Crippen molar-refractivity contribution in [2.75, 3.05) is 13.2 Å². The van der Waals surface area contributed by atoms with Crippen LogP contribution in [-0.4, -0.2) is 50.1 Å². The van der Waals surface area contributed by atoms with Gasteiger partial charge in [-0.25, -0.2) is 0 Å². The Morgan fingerprint density at radius 2 is 2.04 bits per heavy atom. The summed E-state index contributed by atoms with van der Waals surface area (Å²) in [5, 5.41) is 23.6.